The molecule has 2 aliphatic carbocycles. The Morgan fingerprint density at radius 3 is 2.41 bits per heavy atom. The number of benzene rings is 3. The van der Waals surface area contributed by atoms with Crippen molar-refractivity contribution in [3.63, 3.8) is 0 Å². The molecule has 8 nitrogen and oxygen atoms in total. The molecule has 3 heterocycles. The maximum absolute atomic E-state index is 14.0. The average molecular weight is 747 g/mol. The van der Waals surface area contributed by atoms with Gasteiger partial charge in [0.1, 0.15) is 5.75 Å². The first-order valence-corrected chi connectivity index (χ1v) is 17.8. The Morgan fingerprint density at radius 2 is 1.67 bits per heavy atom. The van der Waals surface area contributed by atoms with E-state index in [2.05, 4.69) is 10.3 Å². The average Bonchev–Trinajstić information content (AvgIpc) is 3.79. The zero-order chi connectivity index (χ0) is 34.4. The summed E-state index contributed by atoms with van der Waals surface area (Å²) in [4.78, 5) is 58.2. The summed E-state index contributed by atoms with van der Waals surface area (Å²) >= 11 is 15.2. The third-order valence-electron chi connectivity index (χ3n) is 9.95. The molecule has 2 bridgehead atoms. The number of hydrogen-bond acceptors (Lipinski definition) is 7. The molecular weight excluding hydrogens is 722 g/mol. The van der Waals surface area contributed by atoms with Gasteiger partial charge in [-0.2, -0.15) is 13.2 Å². The SMILES string of the molecule is O=C(COc1ccc(Cl)cc1[C@H]1c2sc(=O)[nH]c2SC2C1[C@H]1C[C@@H]2C2C(=O)N(c3ccc(Cl)cc3)C(=O)C21)Nc1cccc(C(F)(F)F)c1. The van der Waals surface area contributed by atoms with E-state index in [9.17, 15) is 32.3 Å². The minimum absolute atomic E-state index is 0.0337. The van der Waals surface area contributed by atoms with Gasteiger partial charge in [-0.05, 0) is 84.8 Å². The minimum atomic E-state index is -4.57. The Bertz CT molecular complexity index is 2090. The Hall–Kier alpha value is -3.78. The first-order valence-electron chi connectivity index (χ1n) is 15.3. The number of nitrogens with zero attached hydrogens (tertiary/aromatic N) is 1. The standard InChI is InChI=1S/C34H24Cl2F3N3O5S2/c35-15-4-7-18(8-5-15)42-31(44)26-20-12-21(27(26)32(42)45)28-25(20)24(29-30(48-28)41-33(46)49-29)19-11-16(36)6-9-22(19)47-13-23(43)40-17-3-1-2-14(10-17)34(37,38)39/h1-11,20-21,24-28H,12-13H2,(H,40,43)(H,41,46)/t20-,21-,24-,25?,26?,27?,28?/m1/s1. The number of anilines is 2. The number of hydrogen-bond donors (Lipinski definition) is 2. The summed E-state index contributed by atoms with van der Waals surface area (Å²) in [5.74, 6) is -2.83. The number of halogens is 5. The van der Waals surface area contributed by atoms with Gasteiger partial charge in [0.05, 0.1) is 28.1 Å². The lowest BCUT2D eigenvalue weighted by Gasteiger charge is -2.43. The molecule has 4 unspecified atom stereocenters. The van der Waals surface area contributed by atoms with Crippen LogP contribution in [0, 0.1) is 29.6 Å². The number of carbonyl (C=O) groups is 3. The molecular formula is C34H24Cl2F3N3O5S2. The molecule has 1 saturated heterocycles. The van der Waals surface area contributed by atoms with Crippen molar-refractivity contribution >= 4 is 75.4 Å². The van der Waals surface area contributed by atoms with Crippen molar-refractivity contribution in [1.29, 1.82) is 0 Å². The van der Waals surface area contributed by atoms with Gasteiger partial charge in [-0.1, -0.05) is 40.6 Å². The molecule has 3 amide bonds. The molecule has 2 aliphatic heterocycles. The van der Waals surface area contributed by atoms with Crippen LogP contribution in [-0.2, 0) is 20.6 Å². The van der Waals surface area contributed by atoms with Crippen molar-refractivity contribution in [3.8, 4) is 5.75 Å². The largest absolute Gasteiger partial charge is 0.483 e. The second-order valence-corrected chi connectivity index (χ2v) is 15.6. The molecule has 49 heavy (non-hydrogen) atoms. The van der Waals surface area contributed by atoms with Crippen LogP contribution in [0.25, 0.3) is 0 Å². The quantitative estimate of drug-likeness (QED) is 0.199. The van der Waals surface area contributed by atoms with Crippen LogP contribution in [0.3, 0.4) is 0 Å². The fourth-order valence-corrected chi connectivity index (χ4v) is 11.4. The first-order chi connectivity index (χ1) is 23.4. The van der Waals surface area contributed by atoms with E-state index in [-0.39, 0.29) is 45.4 Å². The molecule has 1 aromatic heterocycles. The van der Waals surface area contributed by atoms with Crippen LogP contribution < -0.4 is 19.8 Å². The molecule has 2 saturated carbocycles. The number of ether oxygens (including phenoxy) is 1. The molecule has 2 N–H and O–H groups in total. The van der Waals surface area contributed by atoms with Crippen LogP contribution in [0.15, 0.2) is 76.6 Å². The number of alkyl halides is 3. The summed E-state index contributed by atoms with van der Waals surface area (Å²) < 4.78 is 45.6. The van der Waals surface area contributed by atoms with Gasteiger partial charge in [0.25, 0.3) is 5.91 Å². The number of fused-ring (bicyclic) bond motifs is 9. The van der Waals surface area contributed by atoms with Crippen LogP contribution in [0.4, 0.5) is 24.5 Å². The summed E-state index contributed by atoms with van der Waals surface area (Å²) in [5, 5.41) is 3.90. The Kier molecular flexibility index (Phi) is 7.89. The van der Waals surface area contributed by atoms with Crippen LogP contribution >= 0.6 is 46.3 Å². The van der Waals surface area contributed by atoms with Gasteiger partial charge in [-0.3, -0.25) is 24.1 Å². The normalized spacial score (nSPS) is 26.8. The number of thiazole rings is 1. The predicted molar refractivity (Wildman–Crippen MR) is 179 cm³/mol. The molecule has 0 radical (unpaired) electrons. The lowest BCUT2D eigenvalue weighted by Crippen LogP contribution is -2.42. The molecule has 15 heteroatoms. The van der Waals surface area contributed by atoms with Gasteiger partial charge in [0.15, 0.2) is 6.61 Å². The minimum Gasteiger partial charge on any atom is -0.483 e. The van der Waals surface area contributed by atoms with Crippen molar-refractivity contribution in [2.75, 3.05) is 16.8 Å². The number of aromatic nitrogens is 1. The number of thioether (sulfide) groups is 1. The van der Waals surface area contributed by atoms with Gasteiger partial charge < -0.3 is 15.0 Å². The van der Waals surface area contributed by atoms with E-state index in [4.69, 9.17) is 27.9 Å². The molecule has 252 valence electrons. The van der Waals surface area contributed by atoms with Gasteiger partial charge in [-0.15, -0.1) is 11.8 Å². The molecule has 4 aromatic rings. The highest BCUT2D eigenvalue weighted by Gasteiger charge is 2.70. The molecule has 3 fully saturated rings. The highest BCUT2D eigenvalue weighted by molar-refractivity contribution is 8.00. The fourth-order valence-electron chi connectivity index (χ4n) is 8.22. The molecule has 3 aromatic carbocycles. The van der Waals surface area contributed by atoms with Gasteiger partial charge >= 0.3 is 11.0 Å². The number of amides is 3. The number of imide groups is 1. The third-order valence-corrected chi connectivity index (χ3v) is 13.0. The monoisotopic (exact) mass is 745 g/mol. The highest BCUT2D eigenvalue weighted by atomic mass is 35.5. The van der Waals surface area contributed by atoms with Crippen molar-refractivity contribution < 1.29 is 32.3 Å². The summed E-state index contributed by atoms with van der Waals surface area (Å²) in [6.45, 7) is -0.517. The second-order valence-electron chi connectivity index (χ2n) is 12.5. The lowest BCUT2D eigenvalue weighted by molar-refractivity contribution is -0.137. The summed E-state index contributed by atoms with van der Waals surface area (Å²) in [6.07, 6.45) is -3.91. The molecule has 7 atom stereocenters. The number of H-pyrrole nitrogens is 1. The Labute approximate surface area is 294 Å². The lowest BCUT2D eigenvalue weighted by atomic mass is 9.68. The van der Waals surface area contributed by atoms with Crippen molar-refractivity contribution in [1.82, 2.24) is 4.98 Å². The van der Waals surface area contributed by atoms with Crippen LogP contribution in [0.1, 0.15) is 28.3 Å². The molecule has 0 spiro atoms. The summed E-state index contributed by atoms with van der Waals surface area (Å²) in [5.41, 5.74) is 0.150. The second kappa shape index (κ2) is 11.9. The topological polar surface area (TPSA) is 109 Å². The zero-order valence-corrected chi connectivity index (χ0v) is 28.1. The summed E-state index contributed by atoms with van der Waals surface area (Å²) in [6, 6.07) is 15.8. The third kappa shape index (κ3) is 5.45. The van der Waals surface area contributed by atoms with E-state index in [0.29, 0.717) is 38.5 Å². The number of carbonyl (C=O) groups excluding carboxylic acids is 3. The van der Waals surface area contributed by atoms with Crippen molar-refractivity contribution in [3.05, 3.63) is 102 Å². The number of rotatable bonds is 6. The maximum atomic E-state index is 14.0. The first kappa shape index (κ1) is 32.4. The molecule has 4 aliphatic rings. The predicted octanol–water partition coefficient (Wildman–Crippen LogP) is 7.46. The van der Waals surface area contributed by atoms with Gasteiger partial charge in [-0.25, -0.2) is 0 Å². The van der Waals surface area contributed by atoms with E-state index in [1.165, 1.54) is 28.8 Å². The van der Waals surface area contributed by atoms with Crippen LogP contribution in [0.2, 0.25) is 10.0 Å². The Morgan fingerprint density at radius 1 is 0.959 bits per heavy atom. The van der Waals surface area contributed by atoms with E-state index in [1.807, 2.05) is 0 Å². The number of nitrogens with one attached hydrogen (secondary N) is 2. The van der Waals surface area contributed by atoms with E-state index in [0.717, 1.165) is 28.3 Å². The number of aromatic amines is 1. The zero-order valence-electron chi connectivity index (χ0n) is 25.0. The van der Waals surface area contributed by atoms with E-state index in [1.54, 1.807) is 42.5 Å². The van der Waals surface area contributed by atoms with Crippen LogP contribution in [0.5, 0.6) is 5.75 Å². The van der Waals surface area contributed by atoms with Crippen LogP contribution in [-0.4, -0.2) is 34.6 Å². The summed E-state index contributed by atoms with van der Waals surface area (Å²) in [7, 11) is 0. The Balaban J connectivity index is 1.11. The smallest absolute Gasteiger partial charge is 0.416 e. The fraction of sp³-hybridized carbons (Fsp3) is 0.294. The van der Waals surface area contributed by atoms with Crippen molar-refractivity contribution in [2.24, 2.45) is 29.6 Å². The van der Waals surface area contributed by atoms with E-state index < -0.39 is 42.0 Å². The van der Waals surface area contributed by atoms with Crippen molar-refractivity contribution in [2.45, 2.75) is 28.8 Å². The van der Waals surface area contributed by atoms with Gasteiger partial charge in [0.2, 0.25) is 11.8 Å². The van der Waals surface area contributed by atoms with Gasteiger partial charge in [0, 0.05) is 37.3 Å². The maximum Gasteiger partial charge on any atom is 0.416 e. The highest BCUT2D eigenvalue weighted by Crippen LogP contribution is 2.69. The molecule has 8 rings (SSSR count). The van der Waals surface area contributed by atoms with E-state index >= 15 is 0 Å².